The molecule has 0 aliphatic carbocycles. The highest BCUT2D eigenvalue weighted by Crippen LogP contribution is 2.13. The summed E-state index contributed by atoms with van der Waals surface area (Å²) in [5.41, 5.74) is 7.61. The molecule has 0 bridgehead atoms. The molecule has 0 spiro atoms. The molecule has 0 saturated carbocycles. The average molecular weight is 220 g/mol. The van der Waals surface area contributed by atoms with Crippen LogP contribution in [0, 0.1) is 5.92 Å². The minimum absolute atomic E-state index is 0.0123. The number of aryl methyl sites for hydroxylation is 1. The smallest absolute Gasteiger partial charge is 0.228 e. The molecular weight excluding hydrogens is 200 g/mol. The van der Waals surface area contributed by atoms with Crippen molar-refractivity contribution in [2.75, 3.05) is 11.9 Å². The third-order valence-corrected chi connectivity index (χ3v) is 2.75. The number of hydrogen-bond acceptors (Lipinski definition) is 2. The van der Waals surface area contributed by atoms with Gasteiger partial charge in [-0.1, -0.05) is 26.0 Å². The van der Waals surface area contributed by atoms with E-state index in [1.807, 2.05) is 25.1 Å². The number of carbonyl (C=O) groups excluding carboxylic acids is 1. The zero-order chi connectivity index (χ0) is 12.0. The SMILES string of the molecule is CCc1cccc(NC(=O)C(CC)CN)c1. The Bertz CT molecular complexity index is 346. The summed E-state index contributed by atoms with van der Waals surface area (Å²) in [7, 11) is 0. The number of nitrogens with two attached hydrogens (primary N) is 1. The first-order valence-electron chi connectivity index (χ1n) is 5.81. The van der Waals surface area contributed by atoms with Crippen LogP contribution in [0.5, 0.6) is 0 Å². The molecule has 3 N–H and O–H groups in total. The van der Waals surface area contributed by atoms with E-state index in [1.165, 1.54) is 5.56 Å². The Labute approximate surface area is 97.0 Å². The number of hydrogen-bond donors (Lipinski definition) is 2. The number of benzene rings is 1. The Kier molecular flexibility index (Phi) is 4.99. The Morgan fingerprint density at radius 1 is 1.44 bits per heavy atom. The van der Waals surface area contributed by atoms with Crippen LogP contribution in [0.4, 0.5) is 5.69 Å². The fourth-order valence-electron chi connectivity index (χ4n) is 1.57. The molecule has 0 aliphatic heterocycles. The van der Waals surface area contributed by atoms with Crippen molar-refractivity contribution in [3.63, 3.8) is 0 Å². The van der Waals surface area contributed by atoms with Crippen LogP contribution in [0.25, 0.3) is 0 Å². The maximum Gasteiger partial charge on any atom is 0.228 e. The lowest BCUT2D eigenvalue weighted by Gasteiger charge is -2.13. The molecule has 3 nitrogen and oxygen atoms in total. The van der Waals surface area contributed by atoms with E-state index in [1.54, 1.807) is 0 Å². The average Bonchev–Trinajstić information content (AvgIpc) is 2.31. The van der Waals surface area contributed by atoms with Gasteiger partial charge in [0.05, 0.1) is 5.92 Å². The lowest BCUT2D eigenvalue weighted by Crippen LogP contribution is -2.28. The summed E-state index contributed by atoms with van der Waals surface area (Å²) in [5.74, 6) is -0.0801. The fraction of sp³-hybridized carbons (Fsp3) is 0.462. The van der Waals surface area contributed by atoms with Gasteiger partial charge in [0.1, 0.15) is 0 Å². The second-order valence-electron chi connectivity index (χ2n) is 3.88. The van der Waals surface area contributed by atoms with Crippen LogP contribution in [0.15, 0.2) is 24.3 Å². The highest BCUT2D eigenvalue weighted by molar-refractivity contribution is 5.92. The molecule has 16 heavy (non-hydrogen) atoms. The van der Waals surface area contributed by atoms with Crippen LogP contribution in [0.1, 0.15) is 25.8 Å². The molecule has 0 aliphatic rings. The minimum atomic E-state index is -0.0923. The summed E-state index contributed by atoms with van der Waals surface area (Å²) in [4.78, 5) is 11.8. The van der Waals surface area contributed by atoms with E-state index < -0.39 is 0 Å². The topological polar surface area (TPSA) is 55.1 Å². The van der Waals surface area contributed by atoms with E-state index >= 15 is 0 Å². The van der Waals surface area contributed by atoms with Crippen LogP contribution < -0.4 is 11.1 Å². The third-order valence-electron chi connectivity index (χ3n) is 2.75. The van der Waals surface area contributed by atoms with Crippen LogP contribution in [0.2, 0.25) is 0 Å². The van der Waals surface area contributed by atoms with Crippen molar-refractivity contribution in [1.29, 1.82) is 0 Å². The lowest BCUT2D eigenvalue weighted by atomic mass is 10.1. The summed E-state index contributed by atoms with van der Waals surface area (Å²) in [6.07, 6.45) is 1.74. The first kappa shape index (κ1) is 12.7. The minimum Gasteiger partial charge on any atom is -0.330 e. The molecule has 88 valence electrons. The Balaban J connectivity index is 2.68. The number of rotatable bonds is 5. The first-order valence-corrected chi connectivity index (χ1v) is 5.81. The summed E-state index contributed by atoms with van der Waals surface area (Å²) in [6.45, 7) is 4.46. The molecule has 0 fully saturated rings. The predicted molar refractivity (Wildman–Crippen MR) is 67.3 cm³/mol. The van der Waals surface area contributed by atoms with Crippen molar-refractivity contribution in [3.8, 4) is 0 Å². The van der Waals surface area contributed by atoms with Crippen LogP contribution in [-0.4, -0.2) is 12.5 Å². The standard InChI is InChI=1S/C13H20N2O/c1-3-10-6-5-7-12(8-10)15-13(16)11(4-2)9-14/h5-8,11H,3-4,9,14H2,1-2H3,(H,15,16). The molecule has 1 unspecified atom stereocenters. The zero-order valence-electron chi connectivity index (χ0n) is 9.99. The Morgan fingerprint density at radius 3 is 2.75 bits per heavy atom. The highest BCUT2D eigenvalue weighted by atomic mass is 16.1. The van der Waals surface area contributed by atoms with Gasteiger partial charge in [0.2, 0.25) is 5.91 Å². The zero-order valence-corrected chi connectivity index (χ0v) is 9.99. The van der Waals surface area contributed by atoms with Gasteiger partial charge in [0.25, 0.3) is 0 Å². The van der Waals surface area contributed by atoms with E-state index in [4.69, 9.17) is 5.73 Å². The molecule has 1 aromatic rings. The second kappa shape index (κ2) is 6.28. The number of nitrogens with one attached hydrogen (secondary N) is 1. The normalized spacial score (nSPS) is 12.2. The Hall–Kier alpha value is -1.35. The molecule has 1 amide bonds. The molecular formula is C13H20N2O. The van der Waals surface area contributed by atoms with E-state index in [2.05, 4.69) is 18.3 Å². The van der Waals surface area contributed by atoms with Gasteiger partial charge in [0.15, 0.2) is 0 Å². The van der Waals surface area contributed by atoms with E-state index in [-0.39, 0.29) is 11.8 Å². The highest BCUT2D eigenvalue weighted by Gasteiger charge is 2.14. The van der Waals surface area contributed by atoms with Gasteiger partial charge in [0, 0.05) is 12.2 Å². The van der Waals surface area contributed by atoms with Crippen molar-refractivity contribution >= 4 is 11.6 Å². The summed E-state index contributed by atoms with van der Waals surface area (Å²) < 4.78 is 0. The third kappa shape index (κ3) is 3.35. The fourth-order valence-corrected chi connectivity index (χ4v) is 1.57. The van der Waals surface area contributed by atoms with Crippen molar-refractivity contribution < 1.29 is 4.79 Å². The van der Waals surface area contributed by atoms with Gasteiger partial charge in [-0.05, 0) is 30.5 Å². The molecule has 1 atom stereocenters. The van der Waals surface area contributed by atoms with E-state index in [0.717, 1.165) is 18.5 Å². The van der Waals surface area contributed by atoms with Crippen LogP contribution >= 0.6 is 0 Å². The van der Waals surface area contributed by atoms with Crippen molar-refractivity contribution in [2.45, 2.75) is 26.7 Å². The van der Waals surface area contributed by atoms with Gasteiger partial charge < -0.3 is 11.1 Å². The molecule has 0 heterocycles. The molecule has 1 rings (SSSR count). The summed E-state index contributed by atoms with van der Waals surface area (Å²) >= 11 is 0. The van der Waals surface area contributed by atoms with Gasteiger partial charge in [-0.2, -0.15) is 0 Å². The number of anilines is 1. The van der Waals surface area contributed by atoms with Gasteiger partial charge in [-0.25, -0.2) is 0 Å². The Morgan fingerprint density at radius 2 is 2.19 bits per heavy atom. The maximum atomic E-state index is 11.8. The van der Waals surface area contributed by atoms with Crippen molar-refractivity contribution in [2.24, 2.45) is 11.7 Å². The second-order valence-corrected chi connectivity index (χ2v) is 3.88. The molecule has 3 heteroatoms. The molecule has 0 aromatic heterocycles. The monoisotopic (exact) mass is 220 g/mol. The molecule has 0 radical (unpaired) electrons. The number of amides is 1. The van der Waals surface area contributed by atoms with Gasteiger partial charge in [-0.15, -0.1) is 0 Å². The lowest BCUT2D eigenvalue weighted by molar-refractivity contribution is -0.119. The quantitative estimate of drug-likeness (QED) is 0.799. The van der Waals surface area contributed by atoms with Crippen LogP contribution in [0.3, 0.4) is 0 Å². The summed E-state index contributed by atoms with van der Waals surface area (Å²) in [6, 6.07) is 7.91. The van der Waals surface area contributed by atoms with Crippen molar-refractivity contribution in [1.82, 2.24) is 0 Å². The van der Waals surface area contributed by atoms with Gasteiger partial charge >= 0.3 is 0 Å². The number of carbonyl (C=O) groups is 1. The van der Waals surface area contributed by atoms with Crippen molar-refractivity contribution in [3.05, 3.63) is 29.8 Å². The van der Waals surface area contributed by atoms with Gasteiger partial charge in [-0.3, -0.25) is 4.79 Å². The molecule has 1 aromatic carbocycles. The summed E-state index contributed by atoms with van der Waals surface area (Å²) in [5, 5.41) is 2.90. The first-order chi connectivity index (χ1) is 7.71. The van der Waals surface area contributed by atoms with E-state index in [9.17, 15) is 4.79 Å². The maximum absolute atomic E-state index is 11.8. The largest absolute Gasteiger partial charge is 0.330 e. The molecule has 0 saturated heterocycles. The van der Waals surface area contributed by atoms with E-state index in [0.29, 0.717) is 6.54 Å². The predicted octanol–water partition coefficient (Wildman–Crippen LogP) is 2.17. The van der Waals surface area contributed by atoms with Crippen LogP contribution in [-0.2, 0) is 11.2 Å².